The van der Waals surface area contributed by atoms with E-state index < -0.39 is 57.2 Å². The van der Waals surface area contributed by atoms with Crippen molar-refractivity contribution in [3.8, 4) is 0 Å². The molecule has 0 radical (unpaired) electrons. The van der Waals surface area contributed by atoms with E-state index in [0.29, 0.717) is 32.6 Å². The average Bonchev–Trinajstić information content (AvgIpc) is 2.77. The van der Waals surface area contributed by atoms with Crippen LogP contribution in [0.5, 0.6) is 0 Å². The minimum absolute atomic E-state index is 0.300. The highest BCUT2D eigenvalue weighted by Gasteiger charge is 2.48. The Labute approximate surface area is 232 Å². The first-order valence-electron chi connectivity index (χ1n) is 11.8. The molecule has 0 unspecified atom stereocenters. The molecule has 1 aliphatic rings. The third-order valence-corrected chi connectivity index (χ3v) is 9.80. The summed E-state index contributed by atoms with van der Waals surface area (Å²) in [5.41, 5.74) is 1.16. The lowest BCUT2D eigenvalue weighted by Crippen LogP contribution is -2.57. The minimum atomic E-state index is -3.64. The second kappa shape index (κ2) is 11.5. The van der Waals surface area contributed by atoms with Crippen molar-refractivity contribution in [2.45, 2.75) is 69.6 Å². The van der Waals surface area contributed by atoms with Crippen molar-refractivity contribution < 1.29 is 27.9 Å². The number of hydrogen-bond acceptors (Lipinski definition) is 5. The summed E-state index contributed by atoms with van der Waals surface area (Å²) in [6.45, 7) is 6.62. The van der Waals surface area contributed by atoms with Crippen molar-refractivity contribution >= 4 is 56.5 Å². The van der Waals surface area contributed by atoms with Gasteiger partial charge in [-0.25, -0.2) is 8.42 Å². The van der Waals surface area contributed by atoms with Gasteiger partial charge in [-0.3, -0.25) is 9.59 Å². The first kappa shape index (κ1) is 29.7. The molecule has 2 aromatic rings. The van der Waals surface area contributed by atoms with E-state index in [1.807, 2.05) is 0 Å². The number of nitrogens with zero attached hydrogens (tertiary/aromatic N) is 1. The molecule has 202 valence electrons. The first-order valence-corrected chi connectivity index (χ1v) is 14.6. The zero-order valence-electron chi connectivity index (χ0n) is 20.9. The zero-order chi connectivity index (χ0) is 27.7. The standard InChI is InChI=1S/C26H30Cl3NO6S/c1-5-20(14-37(34,35)26(2,3)4)30-23(15-6-8-17(27)9-7-15)24(16-10-18(28)12-19(29)11-16)36-21(25(30)33)13-22(31)32/h6-12,20-21,23-24H,5,13-14H2,1-4H3,(H,31,32)/t20-,21+,23+,24+/m0/s1. The Kier molecular flexibility index (Phi) is 9.23. The van der Waals surface area contributed by atoms with Crippen molar-refractivity contribution in [1.29, 1.82) is 0 Å². The number of rotatable bonds is 8. The van der Waals surface area contributed by atoms with Crippen LogP contribution >= 0.6 is 34.8 Å². The lowest BCUT2D eigenvalue weighted by Gasteiger charge is -2.48. The number of carboxylic acids is 1. The van der Waals surface area contributed by atoms with Gasteiger partial charge in [-0.15, -0.1) is 0 Å². The van der Waals surface area contributed by atoms with E-state index in [1.54, 1.807) is 70.2 Å². The molecule has 11 heteroatoms. The molecule has 1 heterocycles. The van der Waals surface area contributed by atoms with Crippen LogP contribution in [0.2, 0.25) is 15.1 Å². The average molecular weight is 591 g/mol. The normalized spacial score (nSPS) is 21.6. The quantitative estimate of drug-likeness (QED) is 0.397. The molecule has 1 N–H and O–H groups in total. The predicted molar refractivity (Wildman–Crippen MR) is 145 cm³/mol. The molecular weight excluding hydrogens is 561 g/mol. The van der Waals surface area contributed by atoms with Gasteiger partial charge in [0, 0.05) is 21.1 Å². The molecule has 0 saturated carbocycles. The van der Waals surface area contributed by atoms with Crippen LogP contribution < -0.4 is 0 Å². The van der Waals surface area contributed by atoms with Crippen LogP contribution in [0.1, 0.15) is 63.8 Å². The first-order chi connectivity index (χ1) is 17.1. The van der Waals surface area contributed by atoms with E-state index >= 15 is 0 Å². The number of morpholine rings is 1. The summed E-state index contributed by atoms with van der Waals surface area (Å²) in [5, 5.41) is 10.7. The fourth-order valence-electron chi connectivity index (χ4n) is 4.35. The van der Waals surface area contributed by atoms with Crippen LogP contribution in [0.3, 0.4) is 0 Å². The summed E-state index contributed by atoms with van der Waals surface area (Å²) >= 11 is 18.7. The number of carbonyl (C=O) groups excluding carboxylic acids is 1. The van der Waals surface area contributed by atoms with Crippen LogP contribution in [0, 0.1) is 0 Å². The highest BCUT2D eigenvalue weighted by molar-refractivity contribution is 7.92. The van der Waals surface area contributed by atoms with E-state index in [9.17, 15) is 23.1 Å². The van der Waals surface area contributed by atoms with Crippen molar-refractivity contribution in [2.24, 2.45) is 0 Å². The van der Waals surface area contributed by atoms with Gasteiger partial charge in [-0.1, -0.05) is 53.9 Å². The lowest BCUT2D eigenvalue weighted by atomic mass is 9.89. The molecule has 0 aromatic heterocycles. The van der Waals surface area contributed by atoms with Gasteiger partial charge >= 0.3 is 5.97 Å². The number of sulfone groups is 1. The molecule has 1 aliphatic heterocycles. The van der Waals surface area contributed by atoms with E-state index in [4.69, 9.17) is 39.5 Å². The van der Waals surface area contributed by atoms with Gasteiger partial charge in [0.05, 0.1) is 23.0 Å². The lowest BCUT2D eigenvalue weighted by molar-refractivity contribution is -0.182. The Morgan fingerprint density at radius 2 is 1.59 bits per heavy atom. The van der Waals surface area contributed by atoms with Gasteiger partial charge in [-0.2, -0.15) is 0 Å². The van der Waals surface area contributed by atoms with Crippen LogP contribution in [-0.2, 0) is 24.2 Å². The van der Waals surface area contributed by atoms with E-state index in [2.05, 4.69) is 0 Å². The maximum atomic E-state index is 13.8. The topological polar surface area (TPSA) is 101 Å². The summed E-state index contributed by atoms with van der Waals surface area (Å²) < 4.78 is 31.6. The second-order valence-corrected chi connectivity index (χ2v) is 14.1. The van der Waals surface area contributed by atoms with E-state index in [0.717, 1.165) is 0 Å². The highest BCUT2D eigenvalue weighted by Crippen LogP contribution is 2.45. The van der Waals surface area contributed by atoms with E-state index in [1.165, 1.54) is 4.90 Å². The Bertz CT molecular complexity index is 1240. The van der Waals surface area contributed by atoms with Crippen LogP contribution in [-0.4, -0.2) is 52.9 Å². The number of hydrogen-bond donors (Lipinski definition) is 1. The van der Waals surface area contributed by atoms with Crippen LogP contribution in [0.4, 0.5) is 0 Å². The molecule has 37 heavy (non-hydrogen) atoms. The number of ether oxygens (including phenoxy) is 1. The Morgan fingerprint density at radius 1 is 1.03 bits per heavy atom. The Balaban J connectivity index is 2.24. The summed E-state index contributed by atoms with van der Waals surface area (Å²) in [4.78, 5) is 27.0. The van der Waals surface area contributed by atoms with Gasteiger partial charge in [0.25, 0.3) is 5.91 Å². The summed E-state index contributed by atoms with van der Waals surface area (Å²) in [6, 6.07) is 10.1. The molecule has 2 aromatic carbocycles. The molecule has 4 atom stereocenters. The van der Waals surface area contributed by atoms with Gasteiger partial charge in [-0.05, 0) is 68.7 Å². The maximum absolute atomic E-state index is 13.8. The molecule has 0 aliphatic carbocycles. The van der Waals surface area contributed by atoms with Gasteiger partial charge in [0.2, 0.25) is 0 Å². The molecule has 0 spiro atoms. The SMILES string of the molecule is CC[C@@H](CS(=O)(=O)C(C)(C)C)N1C(=O)[C@@H](CC(=O)O)O[C@H](c2cc(Cl)cc(Cl)c2)[C@H]1c1ccc(Cl)cc1. The number of carboxylic acid groups (broad SMARTS) is 1. The molecule has 1 amide bonds. The van der Waals surface area contributed by atoms with E-state index in [-0.39, 0.29) is 5.75 Å². The summed E-state index contributed by atoms with van der Waals surface area (Å²) in [6.07, 6.45) is -2.50. The molecule has 1 fully saturated rings. The highest BCUT2D eigenvalue weighted by atomic mass is 35.5. The number of amides is 1. The van der Waals surface area contributed by atoms with Crippen molar-refractivity contribution in [2.75, 3.05) is 5.75 Å². The third kappa shape index (κ3) is 6.79. The van der Waals surface area contributed by atoms with Crippen molar-refractivity contribution in [1.82, 2.24) is 4.90 Å². The Morgan fingerprint density at radius 3 is 2.08 bits per heavy atom. The van der Waals surface area contributed by atoms with Gasteiger partial charge in [0.15, 0.2) is 9.84 Å². The van der Waals surface area contributed by atoms with Gasteiger partial charge < -0.3 is 14.7 Å². The summed E-state index contributed by atoms with van der Waals surface area (Å²) in [5.74, 6) is -2.12. The van der Waals surface area contributed by atoms with Crippen molar-refractivity contribution in [3.63, 3.8) is 0 Å². The molecule has 3 rings (SSSR count). The smallest absolute Gasteiger partial charge is 0.306 e. The number of halogens is 3. The third-order valence-electron chi connectivity index (χ3n) is 6.42. The molecule has 0 bridgehead atoms. The Hall–Kier alpha value is -1.84. The predicted octanol–water partition coefficient (Wildman–Crippen LogP) is 6.12. The van der Waals surface area contributed by atoms with Crippen LogP contribution in [0.15, 0.2) is 42.5 Å². The fraction of sp³-hybridized carbons (Fsp3) is 0.462. The number of carbonyl (C=O) groups is 2. The number of aliphatic carboxylic acids is 1. The molecule has 1 saturated heterocycles. The second-order valence-electron chi connectivity index (χ2n) is 10.0. The molecule has 7 nitrogen and oxygen atoms in total. The summed E-state index contributed by atoms with van der Waals surface area (Å²) in [7, 11) is -3.64. The number of benzene rings is 2. The maximum Gasteiger partial charge on any atom is 0.306 e. The largest absolute Gasteiger partial charge is 0.481 e. The van der Waals surface area contributed by atoms with Crippen molar-refractivity contribution in [3.05, 3.63) is 68.7 Å². The van der Waals surface area contributed by atoms with Gasteiger partial charge in [0.1, 0.15) is 12.2 Å². The monoisotopic (exact) mass is 589 g/mol. The minimum Gasteiger partial charge on any atom is -0.481 e. The molecular formula is C26H30Cl3NO6S. The fourth-order valence-corrected chi connectivity index (χ4v) is 6.43. The zero-order valence-corrected chi connectivity index (χ0v) is 24.0. The van der Waals surface area contributed by atoms with Crippen LogP contribution in [0.25, 0.3) is 0 Å².